The number of nitrogens with one attached hydrogen (secondary N) is 1. The van der Waals surface area contributed by atoms with E-state index in [0.717, 1.165) is 11.1 Å². The van der Waals surface area contributed by atoms with Crippen molar-refractivity contribution in [2.45, 2.75) is 18.4 Å². The molecule has 8 nitrogen and oxygen atoms in total. The fourth-order valence-electron chi connectivity index (χ4n) is 2.64. The number of carbonyl (C=O) groups excluding carboxylic acids is 1. The van der Waals surface area contributed by atoms with Crippen molar-refractivity contribution in [2.24, 2.45) is 0 Å². The number of carbonyl (C=O) groups is 1. The number of hydrogen-bond acceptors (Lipinski definition) is 8. The Morgan fingerprint density at radius 2 is 1.84 bits per heavy atom. The summed E-state index contributed by atoms with van der Waals surface area (Å²) in [5.74, 6) is -0.0512. The van der Waals surface area contributed by atoms with Crippen LogP contribution in [0.5, 0.6) is 0 Å². The van der Waals surface area contributed by atoms with Gasteiger partial charge in [-0.05, 0) is 54.8 Å². The van der Waals surface area contributed by atoms with Crippen molar-refractivity contribution in [2.75, 3.05) is 4.72 Å². The van der Waals surface area contributed by atoms with Gasteiger partial charge < -0.3 is 9.26 Å². The molecule has 31 heavy (non-hydrogen) atoms. The maximum Gasteiger partial charge on any atom is 0.338 e. The first-order valence-corrected chi connectivity index (χ1v) is 11.6. The molecule has 0 fully saturated rings. The van der Waals surface area contributed by atoms with E-state index in [1.165, 1.54) is 35.6 Å². The lowest BCUT2D eigenvalue weighted by molar-refractivity contribution is 0.0429. The normalized spacial score (nSPS) is 11.3. The molecule has 4 aromatic rings. The molecule has 0 amide bonds. The predicted molar refractivity (Wildman–Crippen MR) is 115 cm³/mol. The Labute approximate surface area is 182 Å². The molecule has 0 aliphatic carbocycles. The van der Waals surface area contributed by atoms with Gasteiger partial charge in [-0.1, -0.05) is 22.9 Å². The first-order valence-electron chi connectivity index (χ1n) is 9.12. The van der Waals surface area contributed by atoms with E-state index in [1.807, 2.05) is 35.9 Å². The molecular weight excluding hydrogens is 438 g/mol. The highest BCUT2D eigenvalue weighted by atomic mass is 32.2. The Bertz CT molecular complexity index is 1280. The van der Waals surface area contributed by atoms with E-state index in [2.05, 4.69) is 14.9 Å². The van der Waals surface area contributed by atoms with E-state index in [9.17, 15) is 13.2 Å². The van der Waals surface area contributed by atoms with Crippen molar-refractivity contribution in [1.29, 1.82) is 0 Å². The second kappa shape index (κ2) is 8.70. The van der Waals surface area contributed by atoms with E-state index >= 15 is 0 Å². The van der Waals surface area contributed by atoms with Crippen LogP contribution in [-0.2, 0) is 21.4 Å². The summed E-state index contributed by atoms with van der Waals surface area (Å²) in [5.41, 5.74) is 2.50. The molecule has 2 aromatic carbocycles. The van der Waals surface area contributed by atoms with Crippen LogP contribution in [0.4, 0.5) is 5.69 Å². The quantitative estimate of drug-likeness (QED) is 0.414. The van der Waals surface area contributed by atoms with E-state index in [0.29, 0.717) is 11.5 Å². The minimum Gasteiger partial charge on any atom is -0.452 e. The summed E-state index contributed by atoms with van der Waals surface area (Å²) in [7, 11) is -3.78. The lowest BCUT2D eigenvalue weighted by Crippen LogP contribution is -2.13. The fraction of sp³-hybridized carbons (Fsp3) is 0.0952. The van der Waals surface area contributed by atoms with E-state index in [1.54, 1.807) is 12.1 Å². The Morgan fingerprint density at radius 3 is 2.52 bits per heavy atom. The van der Waals surface area contributed by atoms with Crippen LogP contribution in [0.25, 0.3) is 11.4 Å². The van der Waals surface area contributed by atoms with Crippen LogP contribution in [0.15, 0.2) is 74.8 Å². The second-order valence-electron chi connectivity index (χ2n) is 6.60. The standard InChI is InChI=1S/C21H17N3O5S2/c1-14-2-6-17(7-3-14)24-31(26,27)18-8-4-15(5-9-18)21(25)28-12-19-22-20(23-29-19)16-10-11-30-13-16/h2-11,13,24H,12H2,1H3. The number of rotatable bonds is 7. The molecule has 0 atom stereocenters. The van der Waals surface area contributed by atoms with Crippen molar-refractivity contribution in [1.82, 2.24) is 10.1 Å². The molecule has 0 aliphatic heterocycles. The third-order valence-electron chi connectivity index (χ3n) is 4.28. The Balaban J connectivity index is 1.38. The highest BCUT2D eigenvalue weighted by Crippen LogP contribution is 2.20. The third-order valence-corrected chi connectivity index (χ3v) is 6.36. The molecule has 4 rings (SSSR count). The topological polar surface area (TPSA) is 111 Å². The monoisotopic (exact) mass is 455 g/mol. The van der Waals surface area contributed by atoms with Crippen LogP contribution in [0.3, 0.4) is 0 Å². The van der Waals surface area contributed by atoms with Gasteiger partial charge in [0.2, 0.25) is 5.82 Å². The van der Waals surface area contributed by atoms with Gasteiger partial charge in [-0.15, -0.1) is 0 Å². The number of sulfonamides is 1. The minimum absolute atomic E-state index is 0.0296. The maximum atomic E-state index is 12.5. The summed E-state index contributed by atoms with van der Waals surface area (Å²) >= 11 is 1.51. The van der Waals surface area contributed by atoms with Crippen molar-refractivity contribution >= 4 is 33.0 Å². The molecule has 158 valence electrons. The molecule has 0 radical (unpaired) electrons. The highest BCUT2D eigenvalue weighted by molar-refractivity contribution is 7.92. The van der Waals surface area contributed by atoms with E-state index in [4.69, 9.17) is 9.26 Å². The zero-order valence-corrected chi connectivity index (χ0v) is 17.9. The van der Waals surface area contributed by atoms with Gasteiger partial charge in [0.15, 0.2) is 6.61 Å². The number of nitrogens with zero attached hydrogens (tertiary/aromatic N) is 2. The SMILES string of the molecule is Cc1ccc(NS(=O)(=O)c2ccc(C(=O)OCc3nc(-c4ccsc4)no3)cc2)cc1. The zero-order chi connectivity index (χ0) is 21.8. The number of aromatic nitrogens is 2. The van der Waals surface area contributed by atoms with Crippen molar-refractivity contribution < 1.29 is 22.5 Å². The molecule has 10 heteroatoms. The number of anilines is 1. The van der Waals surface area contributed by atoms with Gasteiger partial charge in [-0.25, -0.2) is 13.2 Å². The third kappa shape index (κ3) is 4.98. The lowest BCUT2D eigenvalue weighted by Gasteiger charge is -2.09. The number of aryl methyl sites for hydroxylation is 1. The summed E-state index contributed by atoms with van der Waals surface area (Å²) in [6.07, 6.45) is 0. The highest BCUT2D eigenvalue weighted by Gasteiger charge is 2.17. The predicted octanol–water partition coefficient (Wildman–Crippen LogP) is 4.26. The van der Waals surface area contributed by atoms with E-state index < -0.39 is 16.0 Å². The van der Waals surface area contributed by atoms with Crippen LogP contribution >= 0.6 is 11.3 Å². The average molecular weight is 456 g/mol. The lowest BCUT2D eigenvalue weighted by atomic mass is 10.2. The maximum absolute atomic E-state index is 12.5. The van der Waals surface area contributed by atoms with Gasteiger partial charge in [0.25, 0.3) is 15.9 Å². The van der Waals surface area contributed by atoms with Crippen LogP contribution in [-0.4, -0.2) is 24.5 Å². The molecule has 0 bridgehead atoms. The molecule has 1 N–H and O–H groups in total. The number of thiophene rings is 1. The minimum atomic E-state index is -3.78. The molecule has 0 unspecified atom stereocenters. The Hall–Kier alpha value is -3.50. The zero-order valence-electron chi connectivity index (χ0n) is 16.3. The Morgan fingerprint density at radius 1 is 1.10 bits per heavy atom. The average Bonchev–Trinajstić information content (AvgIpc) is 3.45. The molecule has 0 aliphatic rings. The van der Waals surface area contributed by atoms with Crippen molar-refractivity contribution in [3.8, 4) is 11.4 Å². The van der Waals surface area contributed by atoms with Crippen LogP contribution in [0.2, 0.25) is 0 Å². The van der Waals surface area contributed by atoms with Crippen molar-refractivity contribution in [3.63, 3.8) is 0 Å². The van der Waals surface area contributed by atoms with Crippen LogP contribution < -0.4 is 4.72 Å². The Kier molecular flexibility index (Phi) is 5.83. The summed E-state index contributed by atoms with van der Waals surface area (Å²) in [5, 5.41) is 7.62. The van der Waals surface area contributed by atoms with Crippen LogP contribution in [0.1, 0.15) is 21.8 Å². The smallest absolute Gasteiger partial charge is 0.338 e. The first kappa shape index (κ1) is 20.8. The second-order valence-corrected chi connectivity index (χ2v) is 9.06. The molecule has 2 aromatic heterocycles. The molecule has 0 saturated heterocycles. The van der Waals surface area contributed by atoms with Gasteiger partial charge in [0.1, 0.15) is 0 Å². The van der Waals surface area contributed by atoms with Gasteiger partial charge >= 0.3 is 5.97 Å². The number of benzene rings is 2. The molecule has 0 saturated carbocycles. The molecule has 0 spiro atoms. The van der Waals surface area contributed by atoms with Gasteiger partial charge in [0.05, 0.1) is 10.5 Å². The number of hydrogen-bond donors (Lipinski definition) is 1. The fourth-order valence-corrected chi connectivity index (χ4v) is 4.33. The van der Waals surface area contributed by atoms with Gasteiger partial charge in [0, 0.05) is 16.6 Å². The van der Waals surface area contributed by atoms with Gasteiger partial charge in [-0.3, -0.25) is 4.72 Å². The number of esters is 1. The summed E-state index contributed by atoms with van der Waals surface area (Å²) in [6.45, 7) is 1.72. The van der Waals surface area contributed by atoms with Gasteiger partial charge in [-0.2, -0.15) is 16.3 Å². The van der Waals surface area contributed by atoms with Crippen molar-refractivity contribution in [3.05, 3.63) is 82.4 Å². The summed E-state index contributed by atoms with van der Waals surface area (Å²) < 4.78 is 37.8. The molecule has 2 heterocycles. The largest absolute Gasteiger partial charge is 0.452 e. The summed E-state index contributed by atoms with van der Waals surface area (Å²) in [6, 6.07) is 14.3. The first-order chi connectivity index (χ1) is 14.9. The van der Waals surface area contributed by atoms with Crippen LogP contribution in [0, 0.1) is 6.92 Å². The molecular formula is C21H17N3O5S2. The van der Waals surface area contributed by atoms with E-state index in [-0.39, 0.29) is 23.0 Å². The summed E-state index contributed by atoms with van der Waals surface area (Å²) in [4.78, 5) is 16.5. The number of ether oxygens (including phenoxy) is 1.